The highest BCUT2D eigenvalue weighted by molar-refractivity contribution is 9.10. The maximum Gasteiger partial charge on any atom is 0.258 e. The van der Waals surface area contributed by atoms with Crippen molar-refractivity contribution < 1.29 is 9.59 Å². The number of aromatic nitrogens is 1. The highest BCUT2D eigenvalue weighted by atomic mass is 79.9. The molecule has 0 spiro atoms. The fourth-order valence-corrected chi connectivity index (χ4v) is 2.46. The van der Waals surface area contributed by atoms with Crippen LogP contribution in [-0.4, -0.2) is 60.3 Å². The van der Waals surface area contributed by atoms with Crippen LogP contribution in [0, 0.1) is 0 Å². The van der Waals surface area contributed by atoms with Crippen molar-refractivity contribution in [1.29, 1.82) is 0 Å². The number of hydrogen-bond acceptors (Lipinski definition) is 4. The Hall–Kier alpha value is -1.63. The number of carbonyl (C=O) groups excluding carboxylic acids is 2. The van der Waals surface area contributed by atoms with E-state index in [-0.39, 0.29) is 18.4 Å². The van der Waals surface area contributed by atoms with E-state index >= 15 is 0 Å². The SMILES string of the molecule is CNc1ncc(Br)cc1C(=O)N1CCCN(C)C(=O)C1. The Balaban J connectivity index is 2.26. The quantitative estimate of drug-likeness (QED) is 0.878. The third-order valence-electron chi connectivity index (χ3n) is 3.28. The molecule has 1 N–H and O–H groups in total. The molecule has 2 rings (SSSR count). The third kappa shape index (κ3) is 3.09. The van der Waals surface area contributed by atoms with E-state index in [2.05, 4.69) is 26.2 Å². The summed E-state index contributed by atoms with van der Waals surface area (Å²) in [5.74, 6) is 0.305. The maximum atomic E-state index is 12.6. The van der Waals surface area contributed by atoms with Crippen molar-refractivity contribution >= 4 is 33.6 Å². The first-order valence-electron chi connectivity index (χ1n) is 6.39. The zero-order valence-electron chi connectivity index (χ0n) is 11.5. The third-order valence-corrected chi connectivity index (χ3v) is 3.72. The number of likely N-dealkylation sites (N-methyl/N-ethyl adjacent to an activating group) is 1. The van der Waals surface area contributed by atoms with Gasteiger partial charge in [-0.05, 0) is 28.4 Å². The second-order valence-electron chi connectivity index (χ2n) is 4.70. The van der Waals surface area contributed by atoms with Crippen LogP contribution in [0.5, 0.6) is 0 Å². The monoisotopic (exact) mass is 340 g/mol. The van der Waals surface area contributed by atoms with Gasteiger partial charge >= 0.3 is 0 Å². The molecule has 1 aromatic heterocycles. The normalized spacial score (nSPS) is 16.1. The van der Waals surface area contributed by atoms with Gasteiger partial charge in [0, 0.05) is 37.9 Å². The van der Waals surface area contributed by atoms with E-state index in [0.29, 0.717) is 24.5 Å². The number of halogens is 1. The summed E-state index contributed by atoms with van der Waals surface area (Å²) in [4.78, 5) is 31.9. The molecule has 0 aliphatic carbocycles. The van der Waals surface area contributed by atoms with Gasteiger partial charge in [-0.15, -0.1) is 0 Å². The minimum Gasteiger partial charge on any atom is -0.372 e. The smallest absolute Gasteiger partial charge is 0.258 e. The minimum atomic E-state index is -0.174. The van der Waals surface area contributed by atoms with E-state index in [9.17, 15) is 9.59 Å². The topological polar surface area (TPSA) is 65.5 Å². The summed E-state index contributed by atoms with van der Waals surface area (Å²) in [6.45, 7) is 1.37. The molecule has 1 aromatic rings. The largest absolute Gasteiger partial charge is 0.372 e. The molecule has 0 saturated carbocycles. The van der Waals surface area contributed by atoms with E-state index in [1.54, 1.807) is 36.2 Å². The van der Waals surface area contributed by atoms with Crippen LogP contribution >= 0.6 is 15.9 Å². The molecule has 2 heterocycles. The van der Waals surface area contributed by atoms with Crippen LogP contribution in [-0.2, 0) is 4.79 Å². The van der Waals surface area contributed by atoms with Gasteiger partial charge in [-0.1, -0.05) is 0 Å². The predicted octanol–water partition coefficient (Wildman–Crippen LogP) is 1.19. The van der Waals surface area contributed by atoms with Gasteiger partial charge in [0.2, 0.25) is 5.91 Å². The number of hydrogen-bond donors (Lipinski definition) is 1. The van der Waals surface area contributed by atoms with Crippen LogP contribution < -0.4 is 5.32 Å². The average Bonchev–Trinajstić information content (AvgIpc) is 2.60. The van der Waals surface area contributed by atoms with Crippen molar-refractivity contribution in [3.05, 3.63) is 22.3 Å². The first-order valence-corrected chi connectivity index (χ1v) is 7.18. The number of rotatable bonds is 2. The van der Waals surface area contributed by atoms with Crippen molar-refractivity contribution in [1.82, 2.24) is 14.8 Å². The first kappa shape index (κ1) is 14.8. The Labute approximate surface area is 126 Å². The predicted molar refractivity (Wildman–Crippen MR) is 79.6 cm³/mol. The van der Waals surface area contributed by atoms with Gasteiger partial charge < -0.3 is 15.1 Å². The molecule has 1 fully saturated rings. The van der Waals surface area contributed by atoms with Gasteiger partial charge in [-0.25, -0.2) is 4.98 Å². The molecule has 0 aromatic carbocycles. The zero-order chi connectivity index (χ0) is 14.7. The Kier molecular flexibility index (Phi) is 4.59. The maximum absolute atomic E-state index is 12.6. The van der Waals surface area contributed by atoms with Crippen molar-refractivity contribution in [2.45, 2.75) is 6.42 Å². The van der Waals surface area contributed by atoms with Crippen LogP contribution in [0.1, 0.15) is 16.8 Å². The summed E-state index contributed by atoms with van der Waals surface area (Å²) < 4.78 is 0.734. The molecule has 0 atom stereocenters. The lowest BCUT2D eigenvalue weighted by Gasteiger charge is -2.21. The molecule has 1 aliphatic heterocycles. The van der Waals surface area contributed by atoms with Gasteiger partial charge in [0.15, 0.2) is 0 Å². The van der Waals surface area contributed by atoms with Crippen LogP contribution in [0.15, 0.2) is 16.7 Å². The summed E-state index contributed by atoms with van der Waals surface area (Å²) in [5.41, 5.74) is 0.472. The fourth-order valence-electron chi connectivity index (χ4n) is 2.13. The highest BCUT2D eigenvalue weighted by Crippen LogP contribution is 2.20. The number of nitrogens with one attached hydrogen (secondary N) is 1. The van der Waals surface area contributed by atoms with E-state index in [0.717, 1.165) is 10.9 Å². The average molecular weight is 341 g/mol. The number of amides is 2. The molecule has 7 heteroatoms. The van der Waals surface area contributed by atoms with E-state index < -0.39 is 0 Å². The van der Waals surface area contributed by atoms with E-state index in [4.69, 9.17) is 0 Å². The van der Waals surface area contributed by atoms with E-state index in [1.165, 1.54) is 0 Å². The Morgan fingerprint density at radius 2 is 2.20 bits per heavy atom. The second-order valence-corrected chi connectivity index (χ2v) is 5.61. The van der Waals surface area contributed by atoms with E-state index in [1.807, 2.05) is 0 Å². The Morgan fingerprint density at radius 1 is 1.45 bits per heavy atom. The van der Waals surface area contributed by atoms with Crippen molar-refractivity contribution in [3.8, 4) is 0 Å². The molecule has 108 valence electrons. The molecular weight excluding hydrogens is 324 g/mol. The summed E-state index contributed by atoms with van der Waals surface area (Å²) in [5, 5.41) is 2.90. The number of carbonyl (C=O) groups is 2. The summed E-state index contributed by atoms with van der Waals surface area (Å²) >= 11 is 3.32. The van der Waals surface area contributed by atoms with Gasteiger partial charge in [0.1, 0.15) is 12.4 Å². The number of pyridine rings is 1. The Bertz CT molecular complexity index is 535. The van der Waals surface area contributed by atoms with Crippen LogP contribution in [0.25, 0.3) is 0 Å². The molecule has 6 nitrogen and oxygen atoms in total. The lowest BCUT2D eigenvalue weighted by atomic mass is 10.2. The lowest BCUT2D eigenvalue weighted by molar-refractivity contribution is -0.129. The molecule has 0 bridgehead atoms. The zero-order valence-corrected chi connectivity index (χ0v) is 13.1. The molecule has 0 unspecified atom stereocenters. The van der Waals surface area contributed by atoms with Crippen LogP contribution in [0.4, 0.5) is 5.82 Å². The molecule has 2 amide bonds. The first-order chi connectivity index (χ1) is 9.52. The standard InChI is InChI=1S/C13H17BrN4O2/c1-15-12-10(6-9(14)7-16-12)13(20)18-5-3-4-17(2)11(19)8-18/h6-7H,3-5,8H2,1-2H3,(H,15,16). The van der Waals surface area contributed by atoms with Crippen LogP contribution in [0.3, 0.4) is 0 Å². The van der Waals surface area contributed by atoms with Crippen molar-refractivity contribution in [2.24, 2.45) is 0 Å². The lowest BCUT2D eigenvalue weighted by Crippen LogP contribution is -2.38. The molecule has 1 aliphatic rings. The van der Waals surface area contributed by atoms with Crippen LogP contribution in [0.2, 0.25) is 0 Å². The minimum absolute atomic E-state index is 0.0372. The van der Waals surface area contributed by atoms with Gasteiger partial charge in [-0.3, -0.25) is 9.59 Å². The Morgan fingerprint density at radius 3 is 2.90 bits per heavy atom. The number of anilines is 1. The number of nitrogens with zero attached hydrogens (tertiary/aromatic N) is 3. The molecule has 20 heavy (non-hydrogen) atoms. The summed E-state index contributed by atoms with van der Waals surface area (Å²) in [7, 11) is 3.48. The second kappa shape index (κ2) is 6.21. The van der Waals surface area contributed by atoms with Gasteiger partial charge in [-0.2, -0.15) is 0 Å². The van der Waals surface area contributed by atoms with Crippen molar-refractivity contribution in [3.63, 3.8) is 0 Å². The van der Waals surface area contributed by atoms with Gasteiger partial charge in [0.05, 0.1) is 5.56 Å². The summed E-state index contributed by atoms with van der Waals surface area (Å²) in [6, 6.07) is 1.72. The summed E-state index contributed by atoms with van der Waals surface area (Å²) in [6.07, 6.45) is 2.41. The fraction of sp³-hybridized carbons (Fsp3) is 0.462. The molecule has 1 saturated heterocycles. The molecule has 0 radical (unpaired) electrons. The highest BCUT2D eigenvalue weighted by Gasteiger charge is 2.25. The van der Waals surface area contributed by atoms with Gasteiger partial charge in [0.25, 0.3) is 5.91 Å². The van der Waals surface area contributed by atoms with Crippen molar-refractivity contribution in [2.75, 3.05) is 39.0 Å². The molecular formula is C13H17BrN4O2.